The van der Waals surface area contributed by atoms with Crippen LogP contribution in [0.1, 0.15) is 39.5 Å². The molecule has 0 saturated heterocycles. The summed E-state index contributed by atoms with van der Waals surface area (Å²) in [5, 5.41) is 0. The van der Waals surface area contributed by atoms with E-state index in [4.69, 9.17) is 5.73 Å². The molecule has 2 N–H and O–H groups in total. The molecule has 0 aromatic carbocycles. The third-order valence-electron chi connectivity index (χ3n) is 2.10. The first-order valence-electron chi connectivity index (χ1n) is 4.36. The smallest absolute Gasteiger partial charge is 0.00457 e. The minimum Gasteiger partial charge on any atom is -0.330 e. The molecule has 0 rings (SSSR count). The van der Waals surface area contributed by atoms with Crippen LogP contribution in [0.3, 0.4) is 0 Å². The van der Waals surface area contributed by atoms with E-state index < -0.39 is 0 Å². The van der Waals surface area contributed by atoms with Crippen molar-refractivity contribution >= 4 is 0 Å². The Labute approximate surface area is 65.0 Å². The van der Waals surface area contributed by atoms with Gasteiger partial charge in [0.1, 0.15) is 0 Å². The molecule has 0 aromatic rings. The van der Waals surface area contributed by atoms with Crippen LogP contribution < -0.4 is 5.73 Å². The van der Waals surface area contributed by atoms with Crippen LogP contribution in [0, 0.1) is 12.3 Å². The topological polar surface area (TPSA) is 26.0 Å². The van der Waals surface area contributed by atoms with Crippen molar-refractivity contribution in [2.24, 2.45) is 11.7 Å². The van der Waals surface area contributed by atoms with Gasteiger partial charge in [0.25, 0.3) is 0 Å². The van der Waals surface area contributed by atoms with Crippen LogP contribution in [-0.2, 0) is 0 Å². The number of hydrogen-bond acceptors (Lipinski definition) is 1. The van der Waals surface area contributed by atoms with Crippen molar-refractivity contribution in [2.75, 3.05) is 6.54 Å². The number of rotatable bonds is 6. The minimum atomic E-state index is 0.736. The first kappa shape index (κ1) is 9.96. The average Bonchev–Trinajstić information content (AvgIpc) is 1.99. The van der Waals surface area contributed by atoms with E-state index in [-0.39, 0.29) is 0 Å². The normalized spacial score (nSPS) is 10.8. The molecule has 0 aliphatic carbocycles. The maximum atomic E-state index is 5.34. The largest absolute Gasteiger partial charge is 0.330 e. The molecule has 0 amide bonds. The zero-order valence-electron chi connectivity index (χ0n) is 7.27. The van der Waals surface area contributed by atoms with E-state index in [0.29, 0.717) is 0 Å². The molecule has 10 heavy (non-hydrogen) atoms. The van der Waals surface area contributed by atoms with Gasteiger partial charge in [-0.05, 0) is 25.3 Å². The number of nitrogens with two attached hydrogens (primary N) is 1. The molecule has 0 fully saturated rings. The third-order valence-corrected chi connectivity index (χ3v) is 2.10. The van der Waals surface area contributed by atoms with E-state index in [2.05, 4.69) is 20.3 Å². The molecule has 1 heteroatoms. The van der Waals surface area contributed by atoms with Crippen molar-refractivity contribution in [2.45, 2.75) is 39.5 Å². The van der Waals surface area contributed by atoms with E-state index in [9.17, 15) is 0 Å². The van der Waals surface area contributed by atoms with E-state index in [1.165, 1.54) is 25.7 Å². The van der Waals surface area contributed by atoms with E-state index in [1.807, 2.05) is 0 Å². The summed E-state index contributed by atoms with van der Waals surface area (Å²) in [5.74, 6) is 0.919. The summed E-state index contributed by atoms with van der Waals surface area (Å²) < 4.78 is 0. The SMILES string of the molecule is CCC(CC)CC[CH]CN. The molecule has 0 saturated carbocycles. The fraction of sp³-hybridized carbons (Fsp3) is 0.889. The summed E-state index contributed by atoms with van der Waals surface area (Å²) in [5.41, 5.74) is 5.34. The quantitative estimate of drug-likeness (QED) is 0.566. The molecule has 61 valence electrons. The molecule has 0 aliphatic rings. The van der Waals surface area contributed by atoms with Crippen LogP contribution in [0.5, 0.6) is 0 Å². The highest BCUT2D eigenvalue weighted by Gasteiger charge is 2.01. The number of hydrogen-bond donors (Lipinski definition) is 1. The maximum absolute atomic E-state index is 5.34. The Morgan fingerprint density at radius 1 is 1.30 bits per heavy atom. The summed E-state index contributed by atoms with van der Waals surface area (Å²) in [6.07, 6.45) is 7.31. The van der Waals surface area contributed by atoms with Crippen molar-refractivity contribution in [3.63, 3.8) is 0 Å². The van der Waals surface area contributed by atoms with Gasteiger partial charge in [-0.2, -0.15) is 0 Å². The summed E-state index contributed by atoms with van der Waals surface area (Å²) in [4.78, 5) is 0. The van der Waals surface area contributed by atoms with Crippen LogP contribution in [0.15, 0.2) is 0 Å². The highest BCUT2D eigenvalue weighted by atomic mass is 14.5. The summed E-state index contributed by atoms with van der Waals surface area (Å²) in [6, 6.07) is 0. The Morgan fingerprint density at radius 2 is 1.90 bits per heavy atom. The van der Waals surface area contributed by atoms with E-state index in [1.54, 1.807) is 0 Å². The second kappa shape index (κ2) is 7.07. The summed E-state index contributed by atoms with van der Waals surface area (Å²) in [6.45, 7) is 5.26. The van der Waals surface area contributed by atoms with Gasteiger partial charge in [-0.25, -0.2) is 0 Å². The molecule has 0 heterocycles. The van der Waals surface area contributed by atoms with Crippen molar-refractivity contribution in [1.29, 1.82) is 0 Å². The fourth-order valence-electron chi connectivity index (χ4n) is 1.17. The lowest BCUT2D eigenvalue weighted by atomic mass is 9.97. The monoisotopic (exact) mass is 142 g/mol. The van der Waals surface area contributed by atoms with Gasteiger partial charge >= 0.3 is 0 Å². The van der Waals surface area contributed by atoms with Gasteiger partial charge < -0.3 is 5.73 Å². The second-order valence-electron chi connectivity index (χ2n) is 2.78. The molecule has 0 bridgehead atoms. The molecule has 0 aliphatic heterocycles. The van der Waals surface area contributed by atoms with Crippen molar-refractivity contribution < 1.29 is 0 Å². The Bertz CT molecular complexity index is 57.7. The van der Waals surface area contributed by atoms with Crippen LogP contribution in [-0.4, -0.2) is 6.54 Å². The van der Waals surface area contributed by atoms with Crippen molar-refractivity contribution in [3.05, 3.63) is 6.42 Å². The zero-order valence-corrected chi connectivity index (χ0v) is 7.27. The van der Waals surface area contributed by atoms with Crippen LogP contribution in [0.25, 0.3) is 0 Å². The molecular weight excluding hydrogens is 122 g/mol. The molecule has 1 nitrogen and oxygen atoms in total. The third kappa shape index (κ3) is 4.80. The molecule has 0 aromatic heterocycles. The van der Waals surface area contributed by atoms with Gasteiger partial charge in [0.2, 0.25) is 0 Å². The van der Waals surface area contributed by atoms with Crippen LogP contribution in [0.2, 0.25) is 0 Å². The predicted octanol–water partition coefficient (Wildman–Crippen LogP) is 2.37. The number of unbranched alkanes of at least 4 members (excludes halogenated alkanes) is 1. The van der Waals surface area contributed by atoms with Crippen LogP contribution >= 0.6 is 0 Å². The van der Waals surface area contributed by atoms with Crippen molar-refractivity contribution in [1.82, 2.24) is 0 Å². The Kier molecular flexibility index (Phi) is 7.04. The Morgan fingerprint density at radius 3 is 2.30 bits per heavy atom. The lowest BCUT2D eigenvalue weighted by Crippen LogP contribution is -2.02. The van der Waals surface area contributed by atoms with Gasteiger partial charge in [-0.1, -0.05) is 33.1 Å². The van der Waals surface area contributed by atoms with Gasteiger partial charge in [0, 0.05) is 0 Å². The lowest BCUT2D eigenvalue weighted by molar-refractivity contribution is 0.453. The van der Waals surface area contributed by atoms with Gasteiger partial charge in [0.05, 0.1) is 0 Å². The van der Waals surface area contributed by atoms with Crippen LogP contribution in [0.4, 0.5) is 0 Å². The van der Waals surface area contributed by atoms with E-state index >= 15 is 0 Å². The zero-order chi connectivity index (χ0) is 7.82. The van der Waals surface area contributed by atoms with Crippen molar-refractivity contribution in [3.8, 4) is 0 Å². The Balaban J connectivity index is 3.09. The fourth-order valence-corrected chi connectivity index (χ4v) is 1.17. The summed E-state index contributed by atoms with van der Waals surface area (Å²) >= 11 is 0. The minimum absolute atomic E-state index is 0.736. The van der Waals surface area contributed by atoms with Gasteiger partial charge in [-0.15, -0.1) is 0 Å². The van der Waals surface area contributed by atoms with Gasteiger partial charge in [0.15, 0.2) is 0 Å². The molecule has 0 atom stereocenters. The standard InChI is InChI=1S/C9H20N/c1-3-9(4-2)7-5-6-8-10/h6,9H,3-5,7-8,10H2,1-2H3. The highest BCUT2D eigenvalue weighted by Crippen LogP contribution is 2.14. The molecule has 0 unspecified atom stereocenters. The Hall–Kier alpha value is -0.0400. The first-order valence-corrected chi connectivity index (χ1v) is 4.36. The second-order valence-corrected chi connectivity index (χ2v) is 2.78. The predicted molar refractivity (Wildman–Crippen MR) is 46.7 cm³/mol. The van der Waals surface area contributed by atoms with Gasteiger partial charge in [-0.3, -0.25) is 0 Å². The molecule has 0 spiro atoms. The first-order chi connectivity index (χ1) is 4.85. The highest BCUT2D eigenvalue weighted by molar-refractivity contribution is 4.67. The molecule has 1 radical (unpaired) electrons. The molecular formula is C9H20N. The van der Waals surface area contributed by atoms with E-state index in [0.717, 1.165) is 12.5 Å². The maximum Gasteiger partial charge on any atom is -0.00457 e. The lowest BCUT2D eigenvalue weighted by Gasteiger charge is -2.10. The average molecular weight is 142 g/mol. The summed E-state index contributed by atoms with van der Waals surface area (Å²) in [7, 11) is 0.